The molecule has 6 nitrogen and oxygen atoms in total. The molecular formula is C20H16N4O2. The van der Waals surface area contributed by atoms with Crippen LogP contribution in [0.1, 0.15) is 22.5 Å². The number of rotatable bonds is 3. The first-order valence-corrected chi connectivity index (χ1v) is 8.41. The second-order valence-corrected chi connectivity index (χ2v) is 6.13. The van der Waals surface area contributed by atoms with E-state index in [1.807, 2.05) is 48.5 Å². The molecule has 1 amide bonds. The van der Waals surface area contributed by atoms with Gasteiger partial charge in [-0.05, 0) is 16.8 Å². The summed E-state index contributed by atoms with van der Waals surface area (Å²) in [5, 5.41) is 11.1. The minimum atomic E-state index is -0.197. The van der Waals surface area contributed by atoms with Crippen LogP contribution in [0.25, 0.3) is 10.8 Å². The maximum Gasteiger partial charge on any atom is 0.254 e. The Bertz CT molecular complexity index is 1010. The van der Waals surface area contributed by atoms with E-state index in [4.69, 9.17) is 10.00 Å². The van der Waals surface area contributed by atoms with Crippen molar-refractivity contribution in [3.63, 3.8) is 0 Å². The van der Waals surface area contributed by atoms with Gasteiger partial charge in [-0.25, -0.2) is 9.97 Å². The molecule has 0 spiro atoms. The molecule has 0 bridgehead atoms. The Morgan fingerprint density at radius 3 is 2.85 bits per heavy atom. The third-order valence-electron chi connectivity index (χ3n) is 4.50. The van der Waals surface area contributed by atoms with Gasteiger partial charge in [0.15, 0.2) is 0 Å². The summed E-state index contributed by atoms with van der Waals surface area (Å²) in [6, 6.07) is 15.6. The number of hydrogen-bond donors (Lipinski definition) is 0. The molecule has 1 aromatic heterocycles. The van der Waals surface area contributed by atoms with Gasteiger partial charge in [-0.15, -0.1) is 0 Å². The zero-order valence-electron chi connectivity index (χ0n) is 14.0. The van der Waals surface area contributed by atoms with Crippen molar-refractivity contribution in [3.8, 4) is 11.9 Å². The van der Waals surface area contributed by atoms with E-state index in [2.05, 4.69) is 9.97 Å². The molecule has 1 atom stereocenters. The number of nitrogens with zero attached hydrogens (tertiary/aromatic N) is 4. The molecular weight excluding hydrogens is 328 g/mol. The van der Waals surface area contributed by atoms with E-state index in [0.717, 1.165) is 10.8 Å². The van der Waals surface area contributed by atoms with Crippen LogP contribution < -0.4 is 4.74 Å². The molecule has 1 unspecified atom stereocenters. The number of fused-ring (bicyclic) bond motifs is 1. The number of ether oxygens (including phenoxy) is 1. The van der Waals surface area contributed by atoms with Gasteiger partial charge < -0.3 is 9.64 Å². The van der Waals surface area contributed by atoms with Crippen LogP contribution in [-0.2, 0) is 0 Å². The summed E-state index contributed by atoms with van der Waals surface area (Å²) >= 11 is 0. The van der Waals surface area contributed by atoms with Gasteiger partial charge in [0.1, 0.15) is 12.2 Å². The second kappa shape index (κ2) is 6.81. The number of aromatic nitrogens is 2. The highest BCUT2D eigenvalue weighted by molar-refractivity contribution is 6.07. The fraction of sp³-hybridized carbons (Fsp3) is 0.200. The average molecular weight is 344 g/mol. The van der Waals surface area contributed by atoms with Crippen LogP contribution in [0.5, 0.6) is 5.88 Å². The number of likely N-dealkylation sites (tertiary alicyclic amines) is 1. The van der Waals surface area contributed by atoms with Crippen molar-refractivity contribution in [2.75, 3.05) is 13.1 Å². The second-order valence-electron chi connectivity index (χ2n) is 6.13. The van der Waals surface area contributed by atoms with Crippen LogP contribution in [0, 0.1) is 11.3 Å². The zero-order valence-corrected chi connectivity index (χ0v) is 14.0. The lowest BCUT2D eigenvalue weighted by atomic mass is 10.0. The van der Waals surface area contributed by atoms with Crippen molar-refractivity contribution in [2.24, 2.45) is 0 Å². The summed E-state index contributed by atoms with van der Waals surface area (Å²) in [4.78, 5) is 22.8. The third-order valence-corrected chi connectivity index (χ3v) is 4.50. The molecule has 0 aliphatic carbocycles. The van der Waals surface area contributed by atoms with Gasteiger partial charge in [0.05, 0.1) is 6.54 Å². The standard InChI is InChI=1S/C20H16N4O2/c21-12-18-19(23-10-9-22-18)26-15-8-11-24(13-15)20(25)17-7-3-5-14-4-1-2-6-16(14)17/h1-7,9-10,15H,8,11,13H2. The predicted octanol–water partition coefficient (Wildman–Crippen LogP) is 2.79. The summed E-state index contributed by atoms with van der Waals surface area (Å²) in [7, 11) is 0. The molecule has 0 saturated carbocycles. The van der Waals surface area contributed by atoms with Crippen molar-refractivity contribution in [1.82, 2.24) is 14.9 Å². The van der Waals surface area contributed by atoms with E-state index in [9.17, 15) is 4.79 Å². The fourth-order valence-electron chi connectivity index (χ4n) is 3.24. The minimum Gasteiger partial charge on any atom is -0.470 e. The molecule has 1 saturated heterocycles. The van der Waals surface area contributed by atoms with E-state index in [1.54, 1.807) is 4.90 Å². The number of carbonyl (C=O) groups is 1. The highest BCUT2D eigenvalue weighted by atomic mass is 16.5. The summed E-state index contributed by atoms with van der Waals surface area (Å²) < 4.78 is 5.81. The highest BCUT2D eigenvalue weighted by Gasteiger charge is 2.29. The first-order chi connectivity index (χ1) is 12.8. The van der Waals surface area contributed by atoms with Gasteiger partial charge >= 0.3 is 0 Å². The lowest BCUT2D eigenvalue weighted by molar-refractivity contribution is 0.0773. The molecule has 6 heteroatoms. The fourth-order valence-corrected chi connectivity index (χ4v) is 3.24. The van der Waals surface area contributed by atoms with E-state index in [-0.39, 0.29) is 23.6 Å². The summed E-state index contributed by atoms with van der Waals surface area (Å²) in [6.45, 7) is 1.07. The van der Waals surface area contributed by atoms with Crippen LogP contribution in [0.15, 0.2) is 54.9 Å². The van der Waals surface area contributed by atoms with Gasteiger partial charge in [-0.2, -0.15) is 5.26 Å². The van der Waals surface area contributed by atoms with Crippen LogP contribution in [0.4, 0.5) is 0 Å². The summed E-state index contributed by atoms with van der Waals surface area (Å²) in [5.41, 5.74) is 0.854. The number of carbonyl (C=O) groups excluding carboxylic acids is 1. The van der Waals surface area contributed by atoms with E-state index in [1.165, 1.54) is 12.4 Å². The Balaban J connectivity index is 1.52. The molecule has 3 aromatic rings. The molecule has 1 aliphatic heterocycles. The smallest absolute Gasteiger partial charge is 0.254 e. The number of nitriles is 1. The monoisotopic (exact) mass is 344 g/mol. The summed E-state index contributed by atoms with van der Waals surface area (Å²) in [6.07, 6.45) is 3.44. The van der Waals surface area contributed by atoms with Gasteiger partial charge in [-0.1, -0.05) is 36.4 Å². The van der Waals surface area contributed by atoms with E-state index < -0.39 is 0 Å². The van der Waals surface area contributed by atoms with Crippen molar-refractivity contribution in [3.05, 3.63) is 66.1 Å². The Morgan fingerprint density at radius 2 is 1.96 bits per heavy atom. The van der Waals surface area contributed by atoms with Gasteiger partial charge in [0.2, 0.25) is 5.69 Å². The Hall–Kier alpha value is -3.46. The van der Waals surface area contributed by atoms with Crippen molar-refractivity contribution >= 4 is 16.7 Å². The molecule has 0 radical (unpaired) electrons. The molecule has 26 heavy (non-hydrogen) atoms. The first-order valence-electron chi connectivity index (χ1n) is 8.41. The molecule has 2 heterocycles. The Morgan fingerprint density at radius 1 is 1.15 bits per heavy atom. The van der Waals surface area contributed by atoms with Crippen LogP contribution in [0.3, 0.4) is 0 Å². The Kier molecular flexibility index (Phi) is 4.20. The largest absolute Gasteiger partial charge is 0.470 e. The van der Waals surface area contributed by atoms with E-state index >= 15 is 0 Å². The number of amides is 1. The van der Waals surface area contributed by atoms with Crippen LogP contribution in [0.2, 0.25) is 0 Å². The molecule has 2 aromatic carbocycles. The SMILES string of the molecule is N#Cc1nccnc1OC1CCN(C(=O)c2cccc3ccccc23)C1. The van der Waals surface area contributed by atoms with Crippen molar-refractivity contribution in [2.45, 2.75) is 12.5 Å². The topological polar surface area (TPSA) is 79.1 Å². The molecule has 0 N–H and O–H groups in total. The summed E-state index contributed by atoms with van der Waals surface area (Å²) in [5.74, 6) is 0.215. The lowest BCUT2D eigenvalue weighted by Crippen LogP contribution is -2.31. The molecule has 4 rings (SSSR count). The van der Waals surface area contributed by atoms with Crippen LogP contribution >= 0.6 is 0 Å². The lowest BCUT2D eigenvalue weighted by Gasteiger charge is -2.18. The van der Waals surface area contributed by atoms with Crippen molar-refractivity contribution < 1.29 is 9.53 Å². The quantitative estimate of drug-likeness (QED) is 0.730. The molecule has 128 valence electrons. The minimum absolute atomic E-state index is 0.00690. The van der Waals surface area contributed by atoms with E-state index in [0.29, 0.717) is 25.1 Å². The maximum absolute atomic E-state index is 13.0. The average Bonchev–Trinajstić information content (AvgIpc) is 3.16. The highest BCUT2D eigenvalue weighted by Crippen LogP contribution is 2.23. The predicted molar refractivity (Wildman–Crippen MR) is 95.6 cm³/mol. The third kappa shape index (κ3) is 2.95. The number of benzene rings is 2. The van der Waals surface area contributed by atoms with Gasteiger partial charge in [0.25, 0.3) is 11.8 Å². The normalized spacial score (nSPS) is 16.4. The van der Waals surface area contributed by atoms with Crippen LogP contribution in [-0.4, -0.2) is 40.0 Å². The van der Waals surface area contributed by atoms with Gasteiger partial charge in [0, 0.05) is 30.9 Å². The Labute approximate surface area is 150 Å². The molecule has 1 fully saturated rings. The van der Waals surface area contributed by atoms with Gasteiger partial charge in [-0.3, -0.25) is 4.79 Å². The van der Waals surface area contributed by atoms with Crippen molar-refractivity contribution in [1.29, 1.82) is 5.26 Å². The number of hydrogen-bond acceptors (Lipinski definition) is 5. The first kappa shape index (κ1) is 16.0. The maximum atomic E-state index is 13.0. The zero-order chi connectivity index (χ0) is 17.9. The molecule has 1 aliphatic rings.